The highest BCUT2D eigenvalue weighted by Gasteiger charge is 2.21. The smallest absolute Gasteiger partial charge is 0.164 e. The largest absolute Gasteiger partial charge is 0.292 e. The van der Waals surface area contributed by atoms with E-state index in [1.165, 1.54) is 0 Å². The van der Waals surface area contributed by atoms with Gasteiger partial charge in [-0.05, 0) is 85.6 Å². The fourth-order valence-electron chi connectivity index (χ4n) is 5.26. The van der Waals surface area contributed by atoms with Crippen LogP contribution in [-0.4, -0.2) is 24.1 Å². The predicted octanol–water partition coefficient (Wildman–Crippen LogP) is 7.71. The molecular formula is C33H25N5. The quantitative estimate of drug-likeness (QED) is 0.253. The van der Waals surface area contributed by atoms with Crippen LogP contribution >= 0.6 is 0 Å². The van der Waals surface area contributed by atoms with Crippen LogP contribution in [0.4, 0.5) is 0 Å². The molecule has 5 nitrogen and oxygen atoms in total. The van der Waals surface area contributed by atoms with Crippen LogP contribution in [0.5, 0.6) is 0 Å². The average Bonchev–Trinajstić information content (AvgIpc) is 3.54. The van der Waals surface area contributed by atoms with E-state index in [0.29, 0.717) is 0 Å². The van der Waals surface area contributed by atoms with Gasteiger partial charge in [0.25, 0.3) is 0 Å². The SMILES string of the molecule is Cc1cc(-c2nc3cccnc3n2-c2ccccc2)c(C)cc1-c1nc2ccccc2n1-c1ccccc1. The van der Waals surface area contributed by atoms with Gasteiger partial charge in [0, 0.05) is 28.7 Å². The van der Waals surface area contributed by atoms with Crippen molar-refractivity contribution in [2.24, 2.45) is 0 Å². The highest BCUT2D eigenvalue weighted by Crippen LogP contribution is 2.36. The summed E-state index contributed by atoms with van der Waals surface area (Å²) < 4.78 is 4.40. The van der Waals surface area contributed by atoms with Crippen molar-refractivity contribution >= 4 is 22.2 Å². The number of nitrogens with zero attached hydrogens (tertiary/aromatic N) is 5. The van der Waals surface area contributed by atoms with E-state index < -0.39 is 0 Å². The van der Waals surface area contributed by atoms with Gasteiger partial charge in [-0.25, -0.2) is 15.0 Å². The summed E-state index contributed by atoms with van der Waals surface area (Å²) in [6.07, 6.45) is 1.82. The maximum atomic E-state index is 5.10. The van der Waals surface area contributed by atoms with Crippen molar-refractivity contribution in [3.05, 3.63) is 127 Å². The number of hydrogen-bond donors (Lipinski definition) is 0. The second-order valence-electron chi connectivity index (χ2n) is 9.53. The summed E-state index contributed by atoms with van der Waals surface area (Å²) in [6.45, 7) is 4.30. The van der Waals surface area contributed by atoms with Crippen LogP contribution in [0.15, 0.2) is 115 Å². The molecule has 0 bridgehead atoms. The van der Waals surface area contributed by atoms with Crippen LogP contribution in [0.25, 0.3) is 56.3 Å². The number of aryl methyl sites for hydroxylation is 2. The topological polar surface area (TPSA) is 48.5 Å². The first-order valence-electron chi connectivity index (χ1n) is 12.7. The van der Waals surface area contributed by atoms with Crippen molar-refractivity contribution in [3.8, 4) is 34.2 Å². The predicted molar refractivity (Wildman–Crippen MR) is 154 cm³/mol. The lowest BCUT2D eigenvalue weighted by atomic mass is 9.98. The van der Waals surface area contributed by atoms with Crippen LogP contribution in [0.1, 0.15) is 11.1 Å². The van der Waals surface area contributed by atoms with Crippen LogP contribution in [0.3, 0.4) is 0 Å². The Morgan fingerprint density at radius 2 is 1.05 bits per heavy atom. The highest BCUT2D eigenvalue weighted by molar-refractivity contribution is 5.86. The first kappa shape index (κ1) is 22.2. The molecule has 0 atom stereocenters. The molecule has 4 aromatic carbocycles. The maximum Gasteiger partial charge on any atom is 0.164 e. The molecule has 3 aromatic heterocycles. The fourth-order valence-corrected chi connectivity index (χ4v) is 5.26. The molecular weight excluding hydrogens is 466 g/mol. The lowest BCUT2D eigenvalue weighted by molar-refractivity contribution is 1.07. The highest BCUT2D eigenvalue weighted by atomic mass is 15.1. The van der Waals surface area contributed by atoms with Gasteiger partial charge in [-0.1, -0.05) is 48.5 Å². The summed E-state index contributed by atoms with van der Waals surface area (Å²) in [4.78, 5) is 14.8. The molecule has 0 amide bonds. The Labute approximate surface area is 220 Å². The van der Waals surface area contributed by atoms with E-state index in [4.69, 9.17) is 9.97 Å². The van der Waals surface area contributed by atoms with Crippen molar-refractivity contribution in [1.82, 2.24) is 24.1 Å². The molecule has 0 spiro atoms. The van der Waals surface area contributed by atoms with E-state index in [2.05, 4.69) is 94.7 Å². The zero-order valence-corrected chi connectivity index (χ0v) is 21.2. The van der Waals surface area contributed by atoms with Gasteiger partial charge in [0.2, 0.25) is 0 Å². The molecule has 5 heteroatoms. The standard InChI is InChI=1S/C33H25N5/c1-22-21-27(32-36-29-17-11-19-34-33(29)38(32)25-14-7-4-8-15-25)23(2)20-26(22)31-35-28-16-9-10-18-30(28)37(31)24-12-5-3-6-13-24/h3-21H,1-2H3. The summed E-state index contributed by atoms with van der Waals surface area (Å²) in [5.74, 6) is 1.82. The van der Waals surface area contributed by atoms with Crippen molar-refractivity contribution in [2.75, 3.05) is 0 Å². The third-order valence-electron chi connectivity index (χ3n) is 7.06. The summed E-state index contributed by atoms with van der Waals surface area (Å²) in [6, 6.07) is 37.5. The number of aromatic nitrogens is 5. The Bertz CT molecular complexity index is 1790. The van der Waals surface area contributed by atoms with E-state index in [-0.39, 0.29) is 0 Å². The monoisotopic (exact) mass is 491 g/mol. The Balaban J connectivity index is 1.46. The lowest BCUT2D eigenvalue weighted by Gasteiger charge is -2.15. The summed E-state index contributed by atoms with van der Waals surface area (Å²) in [7, 11) is 0. The van der Waals surface area contributed by atoms with Gasteiger partial charge in [-0.3, -0.25) is 9.13 Å². The second-order valence-corrected chi connectivity index (χ2v) is 9.53. The molecule has 182 valence electrons. The van der Waals surface area contributed by atoms with Crippen LogP contribution in [-0.2, 0) is 0 Å². The molecule has 0 saturated carbocycles. The zero-order valence-electron chi connectivity index (χ0n) is 21.2. The first-order chi connectivity index (χ1) is 18.7. The molecule has 0 N–H and O–H groups in total. The van der Waals surface area contributed by atoms with E-state index >= 15 is 0 Å². The molecule has 0 fully saturated rings. The third-order valence-corrected chi connectivity index (χ3v) is 7.06. The van der Waals surface area contributed by atoms with E-state index in [9.17, 15) is 0 Å². The average molecular weight is 492 g/mol. The normalized spacial score (nSPS) is 11.4. The molecule has 38 heavy (non-hydrogen) atoms. The van der Waals surface area contributed by atoms with E-state index in [0.717, 1.165) is 67.5 Å². The van der Waals surface area contributed by atoms with Gasteiger partial charge in [0.05, 0.1) is 11.0 Å². The number of hydrogen-bond acceptors (Lipinski definition) is 3. The zero-order chi connectivity index (χ0) is 25.6. The minimum atomic E-state index is 0.848. The molecule has 0 saturated heterocycles. The summed E-state index contributed by atoms with van der Waals surface area (Å²) >= 11 is 0. The third kappa shape index (κ3) is 3.51. The Kier molecular flexibility index (Phi) is 5.15. The van der Waals surface area contributed by atoms with Crippen molar-refractivity contribution in [3.63, 3.8) is 0 Å². The van der Waals surface area contributed by atoms with Crippen LogP contribution in [0, 0.1) is 13.8 Å². The fraction of sp³-hybridized carbons (Fsp3) is 0.0606. The minimum Gasteiger partial charge on any atom is -0.292 e. The van der Waals surface area contributed by atoms with Crippen LogP contribution in [0.2, 0.25) is 0 Å². The Morgan fingerprint density at radius 1 is 0.526 bits per heavy atom. The van der Waals surface area contributed by atoms with Gasteiger partial charge in [0.15, 0.2) is 5.65 Å². The second kappa shape index (κ2) is 8.82. The molecule has 7 aromatic rings. The molecule has 7 rings (SSSR count). The van der Waals surface area contributed by atoms with E-state index in [1.807, 2.05) is 48.7 Å². The van der Waals surface area contributed by atoms with Gasteiger partial charge in [0.1, 0.15) is 17.2 Å². The van der Waals surface area contributed by atoms with Crippen molar-refractivity contribution < 1.29 is 0 Å². The summed E-state index contributed by atoms with van der Waals surface area (Å²) in [5.41, 5.74) is 10.4. The van der Waals surface area contributed by atoms with Gasteiger partial charge >= 0.3 is 0 Å². The van der Waals surface area contributed by atoms with E-state index in [1.54, 1.807) is 0 Å². The Hall–Kier alpha value is -5.03. The number of imidazole rings is 2. The van der Waals surface area contributed by atoms with Crippen LogP contribution < -0.4 is 0 Å². The maximum absolute atomic E-state index is 5.10. The Morgan fingerprint density at radius 3 is 1.74 bits per heavy atom. The number of rotatable bonds is 4. The molecule has 0 aliphatic carbocycles. The first-order valence-corrected chi connectivity index (χ1v) is 12.7. The summed E-state index contributed by atoms with van der Waals surface area (Å²) in [5, 5.41) is 0. The van der Waals surface area contributed by atoms with Gasteiger partial charge in [-0.2, -0.15) is 0 Å². The van der Waals surface area contributed by atoms with Gasteiger partial charge in [-0.15, -0.1) is 0 Å². The number of para-hydroxylation sites is 4. The molecule has 0 aliphatic heterocycles. The molecule has 0 radical (unpaired) electrons. The van der Waals surface area contributed by atoms with Gasteiger partial charge < -0.3 is 0 Å². The number of fused-ring (bicyclic) bond motifs is 2. The molecule has 3 heterocycles. The molecule has 0 unspecified atom stereocenters. The minimum absolute atomic E-state index is 0.848. The lowest BCUT2D eigenvalue weighted by Crippen LogP contribution is -2.02. The number of benzene rings is 4. The number of pyridine rings is 1. The van der Waals surface area contributed by atoms with Crippen molar-refractivity contribution in [1.29, 1.82) is 0 Å². The van der Waals surface area contributed by atoms with Crippen molar-refractivity contribution in [2.45, 2.75) is 13.8 Å². The molecule has 0 aliphatic rings.